The first-order valence-electron chi connectivity index (χ1n) is 10.1. The van der Waals surface area contributed by atoms with Crippen LogP contribution in [0.2, 0.25) is 0 Å². The molecule has 1 atom stereocenters. The Labute approximate surface area is 178 Å². The van der Waals surface area contributed by atoms with Crippen molar-refractivity contribution in [2.45, 2.75) is 12.5 Å². The van der Waals surface area contributed by atoms with Gasteiger partial charge in [0.1, 0.15) is 11.5 Å². The quantitative estimate of drug-likeness (QED) is 0.522. The zero-order chi connectivity index (χ0) is 20.8. The highest BCUT2D eigenvalue weighted by Crippen LogP contribution is 2.34. The number of aliphatic imine (C=N–C) groups is 1. The first kappa shape index (κ1) is 19.8. The van der Waals surface area contributed by atoms with Crippen LogP contribution in [0.3, 0.4) is 0 Å². The Morgan fingerprint density at radius 3 is 2.03 bits per heavy atom. The van der Waals surface area contributed by atoms with E-state index < -0.39 is 5.60 Å². The lowest BCUT2D eigenvalue weighted by molar-refractivity contribution is 0.0597. The summed E-state index contributed by atoms with van der Waals surface area (Å²) in [6.07, 6.45) is 3.68. The molecular formula is C26H26N2O2. The molecule has 0 saturated carbocycles. The molecule has 0 bridgehead atoms. The van der Waals surface area contributed by atoms with E-state index >= 15 is 0 Å². The summed E-state index contributed by atoms with van der Waals surface area (Å²) in [6.45, 7) is 3.08. The number of nitrogens with zero attached hydrogens (tertiary/aromatic N) is 2. The van der Waals surface area contributed by atoms with Crippen molar-refractivity contribution in [2.24, 2.45) is 4.99 Å². The average molecular weight is 399 g/mol. The maximum absolute atomic E-state index is 6.63. The topological polar surface area (TPSA) is 34.1 Å². The van der Waals surface area contributed by atoms with Crippen molar-refractivity contribution in [3.63, 3.8) is 0 Å². The maximum atomic E-state index is 6.63. The number of dihydropyridines is 1. The molecule has 1 aliphatic heterocycles. The van der Waals surface area contributed by atoms with Gasteiger partial charge in [0.15, 0.2) is 0 Å². The van der Waals surface area contributed by atoms with Crippen LogP contribution >= 0.6 is 0 Å². The Morgan fingerprint density at radius 2 is 1.47 bits per heavy atom. The van der Waals surface area contributed by atoms with E-state index in [2.05, 4.69) is 53.2 Å². The molecule has 0 spiro atoms. The number of rotatable bonds is 7. The minimum atomic E-state index is -0.759. The molecule has 4 nitrogen and oxygen atoms in total. The fourth-order valence-corrected chi connectivity index (χ4v) is 3.68. The summed E-state index contributed by atoms with van der Waals surface area (Å²) >= 11 is 0. The first-order valence-corrected chi connectivity index (χ1v) is 10.1. The number of ether oxygens (including phenoxy) is 2. The Hall–Kier alpha value is -3.53. The minimum absolute atomic E-state index is 0.469. The summed E-state index contributed by atoms with van der Waals surface area (Å²) in [4.78, 5) is 6.80. The molecule has 30 heavy (non-hydrogen) atoms. The summed E-state index contributed by atoms with van der Waals surface area (Å²) in [7, 11) is 1.69. The van der Waals surface area contributed by atoms with Crippen molar-refractivity contribution in [3.8, 4) is 5.75 Å². The van der Waals surface area contributed by atoms with Crippen LogP contribution in [0.15, 0.2) is 102 Å². The van der Waals surface area contributed by atoms with E-state index in [1.54, 1.807) is 13.3 Å². The number of benzene rings is 3. The van der Waals surface area contributed by atoms with Gasteiger partial charge in [0, 0.05) is 17.6 Å². The molecule has 4 heteroatoms. The maximum Gasteiger partial charge on any atom is 0.202 e. The van der Waals surface area contributed by atoms with Gasteiger partial charge in [-0.1, -0.05) is 54.1 Å². The van der Waals surface area contributed by atoms with Gasteiger partial charge in [0.2, 0.25) is 5.60 Å². The van der Waals surface area contributed by atoms with E-state index in [9.17, 15) is 0 Å². The fraction of sp³-hybridized carbons (Fsp3) is 0.192. The third kappa shape index (κ3) is 4.23. The Bertz CT molecular complexity index is 974. The molecule has 0 N–H and O–H groups in total. The standard InChI is InChI=1S/C26H26N2O2/c1-21-13-15-24(16-14-21)30-26(19-27-18-17-25(26)29-2)20-28(22-9-5-3-6-10-22)23-11-7-4-8-12-23/h3-18H,19-20H2,1-2H3. The fourth-order valence-electron chi connectivity index (χ4n) is 3.68. The van der Waals surface area contributed by atoms with E-state index in [-0.39, 0.29) is 0 Å². The molecule has 1 unspecified atom stereocenters. The van der Waals surface area contributed by atoms with Crippen LogP contribution in [-0.4, -0.2) is 32.0 Å². The predicted octanol–water partition coefficient (Wildman–Crippen LogP) is 5.57. The third-order valence-corrected chi connectivity index (χ3v) is 5.23. The van der Waals surface area contributed by atoms with Crippen LogP contribution in [0.4, 0.5) is 11.4 Å². The number of hydrogen-bond donors (Lipinski definition) is 0. The van der Waals surface area contributed by atoms with Crippen molar-refractivity contribution in [2.75, 3.05) is 25.1 Å². The zero-order valence-corrected chi connectivity index (χ0v) is 17.4. The molecule has 4 rings (SSSR count). The Balaban J connectivity index is 1.76. The smallest absolute Gasteiger partial charge is 0.202 e. The van der Waals surface area contributed by atoms with Gasteiger partial charge in [-0.15, -0.1) is 0 Å². The largest absolute Gasteiger partial charge is 0.497 e. The predicted molar refractivity (Wildman–Crippen MR) is 123 cm³/mol. The molecule has 0 aliphatic carbocycles. The highest BCUT2D eigenvalue weighted by molar-refractivity contribution is 5.74. The molecule has 152 valence electrons. The van der Waals surface area contributed by atoms with Gasteiger partial charge in [-0.05, 0) is 49.4 Å². The summed E-state index contributed by atoms with van der Waals surface area (Å²) < 4.78 is 12.4. The number of anilines is 2. The summed E-state index contributed by atoms with van der Waals surface area (Å²) in [5.41, 5.74) is 2.60. The van der Waals surface area contributed by atoms with Crippen LogP contribution in [0, 0.1) is 6.92 Å². The van der Waals surface area contributed by atoms with Crippen molar-refractivity contribution >= 4 is 17.6 Å². The van der Waals surface area contributed by atoms with Crippen molar-refractivity contribution < 1.29 is 9.47 Å². The van der Waals surface area contributed by atoms with E-state index in [1.165, 1.54) is 5.56 Å². The zero-order valence-electron chi connectivity index (χ0n) is 17.4. The normalized spacial score (nSPS) is 17.9. The van der Waals surface area contributed by atoms with Crippen LogP contribution in [0.1, 0.15) is 5.56 Å². The number of hydrogen-bond acceptors (Lipinski definition) is 4. The van der Waals surface area contributed by atoms with Gasteiger partial charge in [-0.25, -0.2) is 0 Å². The average Bonchev–Trinajstić information content (AvgIpc) is 2.80. The number of allylic oxidation sites excluding steroid dienone is 1. The third-order valence-electron chi connectivity index (χ3n) is 5.23. The van der Waals surface area contributed by atoms with Gasteiger partial charge in [0.25, 0.3) is 0 Å². The lowest BCUT2D eigenvalue weighted by Crippen LogP contribution is -2.52. The van der Waals surface area contributed by atoms with E-state index in [0.717, 1.165) is 22.9 Å². The van der Waals surface area contributed by atoms with Crippen molar-refractivity contribution in [3.05, 3.63) is 102 Å². The molecule has 0 radical (unpaired) electrons. The highest BCUT2D eigenvalue weighted by atomic mass is 16.5. The second-order valence-corrected chi connectivity index (χ2v) is 7.39. The molecular weight excluding hydrogens is 372 g/mol. The van der Waals surface area contributed by atoms with Gasteiger partial charge in [0.05, 0.1) is 20.2 Å². The van der Waals surface area contributed by atoms with Gasteiger partial charge >= 0.3 is 0 Å². The summed E-state index contributed by atoms with van der Waals surface area (Å²) in [5, 5.41) is 0. The lowest BCUT2D eigenvalue weighted by Gasteiger charge is -2.40. The molecule has 3 aromatic rings. The second-order valence-electron chi connectivity index (χ2n) is 7.39. The molecule has 1 aliphatic rings. The van der Waals surface area contributed by atoms with Crippen LogP contribution < -0.4 is 9.64 Å². The second kappa shape index (κ2) is 8.87. The summed E-state index contributed by atoms with van der Waals surface area (Å²) in [5.74, 6) is 1.55. The Morgan fingerprint density at radius 1 is 0.867 bits per heavy atom. The molecule has 0 amide bonds. The SMILES string of the molecule is COC1=CC=NCC1(CN(c1ccccc1)c1ccccc1)Oc1ccc(C)cc1. The molecule has 0 aromatic heterocycles. The van der Waals surface area contributed by atoms with Crippen molar-refractivity contribution in [1.82, 2.24) is 0 Å². The molecule has 0 fully saturated rings. The summed E-state index contributed by atoms with van der Waals surface area (Å²) in [6, 6.07) is 28.8. The van der Waals surface area contributed by atoms with Crippen molar-refractivity contribution in [1.29, 1.82) is 0 Å². The minimum Gasteiger partial charge on any atom is -0.497 e. The van der Waals surface area contributed by atoms with Crippen LogP contribution in [0.25, 0.3) is 0 Å². The van der Waals surface area contributed by atoms with Crippen LogP contribution in [-0.2, 0) is 4.74 Å². The van der Waals surface area contributed by atoms with E-state index in [1.807, 2.05) is 54.6 Å². The first-order chi connectivity index (χ1) is 14.7. The van der Waals surface area contributed by atoms with Crippen LogP contribution in [0.5, 0.6) is 5.75 Å². The number of aryl methyl sites for hydroxylation is 1. The van der Waals surface area contributed by atoms with E-state index in [4.69, 9.17) is 9.47 Å². The van der Waals surface area contributed by atoms with Gasteiger partial charge < -0.3 is 14.4 Å². The number of methoxy groups -OCH3 is 1. The molecule has 1 heterocycles. The monoisotopic (exact) mass is 398 g/mol. The van der Waals surface area contributed by atoms with E-state index in [0.29, 0.717) is 13.1 Å². The Kier molecular flexibility index (Phi) is 5.84. The number of para-hydroxylation sites is 2. The molecule has 0 saturated heterocycles. The lowest BCUT2D eigenvalue weighted by atomic mass is 9.96. The molecule has 3 aromatic carbocycles. The highest BCUT2D eigenvalue weighted by Gasteiger charge is 2.42. The van der Waals surface area contributed by atoms with Gasteiger partial charge in [-0.3, -0.25) is 4.99 Å². The van der Waals surface area contributed by atoms with Gasteiger partial charge in [-0.2, -0.15) is 0 Å².